The minimum atomic E-state index is -3.19. The van der Waals surface area contributed by atoms with Crippen LogP contribution in [0, 0.1) is 5.92 Å². The summed E-state index contributed by atoms with van der Waals surface area (Å²) in [6.07, 6.45) is 1.01. The van der Waals surface area contributed by atoms with Crippen LogP contribution in [0.4, 0.5) is 0 Å². The predicted octanol–water partition coefficient (Wildman–Crippen LogP) is -1.03. The number of carbonyl (C=O) groups is 2. The SMILES string of the molecule is CC(C)[C@H](NC(=O)C(N)CCS(C)(=O)=O)C(=O)O. The van der Waals surface area contributed by atoms with E-state index in [-0.39, 0.29) is 18.1 Å². The molecule has 1 amide bonds. The predicted molar refractivity (Wildman–Crippen MR) is 66.7 cm³/mol. The largest absolute Gasteiger partial charge is 0.480 e. The number of amides is 1. The maximum absolute atomic E-state index is 11.6. The summed E-state index contributed by atoms with van der Waals surface area (Å²) in [6.45, 7) is 3.31. The molecule has 0 aliphatic rings. The first-order valence-corrected chi connectivity index (χ1v) is 7.57. The van der Waals surface area contributed by atoms with E-state index in [0.29, 0.717) is 0 Å². The van der Waals surface area contributed by atoms with E-state index in [2.05, 4.69) is 5.32 Å². The molecular weight excluding hydrogens is 260 g/mol. The normalized spacial score (nSPS) is 15.2. The minimum Gasteiger partial charge on any atom is -0.480 e. The van der Waals surface area contributed by atoms with Gasteiger partial charge in [0, 0.05) is 6.26 Å². The van der Waals surface area contributed by atoms with Crippen LogP contribution in [-0.4, -0.2) is 49.5 Å². The van der Waals surface area contributed by atoms with Crippen molar-refractivity contribution >= 4 is 21.7 Å². The Morgan fingerprint density at radius 2 is 1.83 bits per heavy atom. The molecule has 0 aromatic heterocycles. The van der Waals surface area contributed by atoms with Gasteiger partial charge in [0.15, 0.2) is 0 Å². The summed E-state index contributed by atoms with van der Waals surface area (Å²) in [7, 11) is -3.19. The molecule has 0 radical (unpaired) electrons. The summed E-state index contributed by atoms with van der Waals surface area (Å²) in [5.74, 6) is -2.29. The molecule has 0 aromatic rings. The van der Waals surface area contributed by atoms with Crippen molar-refractivity contribution in [2.75, 3.05) is 12.0 Å². The number of aliphatic carboxylic acids is 1. The highest BCUT2D eigenvalue weighted by Gasteiger charge is 2.26. The van der Waals surface area contributed by atoms with Crippen molar-refractivity contribution < 1.29 is 23.1 Å². The van der Waals surface area contributed by atoms with Crippen LogP contribution in [0.3, 0.4) is 0 Å². The van der Waals surface area contributed by atoms with E-state index in [1.54, 1.807) is 13.8 Å². The van der Waals surface area contributed by atoms with E-state index in [9.17, 15) is 18.0 Å². The van der Waals surface area contributed by atoms with Crippen LogP contribution in [0.25, 0.3) is 0 Å². The van der Waals surface area contributed by atoms with Gasteiger partial charge in [0.25, 0.3) is 0 Å². The summed E-state index contributed by atoms with van der Waals surface area (Å²) in [4.78, 5) is 22.4. The van der Waals surface area contributed by atoms with Crippen molar-refractivity contribution in [1.82, 2.24) is 5.32 Å². The molecule has 4 N–H and O–H groups in total. The van der Waals surface area contributed by atoms with Gasteiger partial charge in [-0.15, -0.1) is 0 Å². The lowest BCUT2D eigenvalue weighted by atomic mass is 10.0. The summed E-state index contributed by atoms with van der Waals surface area (Å²) in [5, 5.41) is 11.2. The Labute approximate surface area is 107 Å². The van der Waals surface area contributed by atoms with Gasteiger partial charge in [-0.25, -0.2) is 13.2 Å². The average molecular weight is 280 g/mol. The smallest absolute Gasteiger partial charge is 0.326 e. The number of nitrogens with one attached hydrogen (secondary N) is 1. The highest BCUT2D eigenvalue weighted by atomic mass is 32.2. The van der Waals surface area contributed by atoms with Crippen LogP contribution in [0.5, 0.6) is 0 Å². The fraction of sp³-hybridized carbons (Fsp3) is 0.800. The molecule has 0 saturated carbocycles. The van der Waals surface area contributed by atoms with Gasteiger partial charge in [0.2, 0.25) is 5.91 Å². The molecule has 2 atom stereocenters. The fourth-order valence-electron chi connectivity index (χ4n) is 1.25. The van der Waals surface area contributed by atoms with Crippen molar-refractivity contribution in [1.29, 1.82) is 0 Å². The molecule has 0 aliphatic carbocycles. The standard InChI is InChI=1S/C10H20N2O5S/c1-6(2)8(10(14)15)12-9(13)7(11)4-5-18(3,16)17/h6-8H,4-5,11H2,1-3H3,(H,12,13)(H,14,15)/t7?,8-/m0/s1. The molecule has 1 unspecified atom stereocenters. The Balaban J connectivity index is 4.43. The number of hydrogen-bond acceptors (Lipinski definition) is 5. The van der Waals surface area contributed by atoms with Crippen LogP contribution in [-0.2, 0) is 19.4 Å². The Morgan fingerprint density at radius 1 is 1.33 bits per heavy atom. The summed E-state index contributed by atoms with van der Waals surface area (Å²) < 4.78 is 21.8. The van der Waals surface area contributed by atoms with Crippen LogP contribution in [0.15, 0.2) is 0 Å². The van der Waals surface area contributed by atoms with Crippen LogP contribution >= 0.6 is 0 Å². The van der Waals surface area contributed by atoms with Gasteiger partial charge in [-0.2, -0.15) is 0 Å². The highest BCUT2D eigenvalue weighted by molar-refractivity contribution is 7.90. The first-order chi connectivity index (χ1) is 8.04. The van der Waals surface area contributed by atoms with E-state index in [4.69, 9.17) is 10.8 Å². The second-order valence-corrected chi connectivity index (χ2v) is 6.85. The van der Waals surface area contributed by atoms with Crippen LogP contribution in [0.2, 0.25) is 0 Å². The summed E-state index contributed by atoms with van der Waals surface area (Å²) in [6, 6.07) is -2.05. The lowest BCUT2D eigenvalue weighted by molar-refractivity contribution is -0.143. The van der Waals surface area contributed by atoms with Gasteiger partial charge < -0.3 is 16.2 Å². The van der Waals surface area contributed by atoms with Crippen molar-refractivity contribution in [3.63, 3.8) is 0 Å². The van der Waals surface area contributed by atoms with E-state index in [1.807, 2.05) is 0 Å². The number of carboxylic acid groups (broad SMARTS) is 1. The maximum Gasteiger partial charge on any atom is 0.326 e. The highest BCUT2D eigenvalue weighted by Crippen LogP contribution is 2.03. The summed E-state index contributed by atoms with van der Waals surface area (Å²) in [5.41, 5.74) is 5.50. The molecule has 0 bridgehead atoms. The monoisotopic (exact) mass is 280 g/mol. The molecule has 0 fully saturated rings. The van der Waals surface area contributed by atoms with Gasteiger partial charge in [-0.1, -0.05) is 13.8 Å². The number of carboxylic acids is 1. The van der Waals surface area contributed by atoms with Gasteiger partial charge in [-0.3, -0.25) is 4.79 Å². The second-order valence-electron chi connectivity index (χ2n) is 4.59. The van der Waals surface area contributed by atoms with Crippen LogP contribution in [0.1, 0.15) is 20.3 Å². The zero-order valence-corrected chi connectivity index (χ0v) is 11.5. The molecular formula is C10H20N2O5S. The minimum absolute atomic E-state index is 0.0326. The molecule has 0 spiro atoms. The average Bonchev–Trinajstić information content (AvgIpc) is 2.19. The van der Waals surface area contributed by atoms with Crippen LogP contribution < -0.4 is 11.1 Å². The Bertz CT molecular complexity index is 404. The first-order valence-electron chi connectivity index (χ1n) is 5.51. The third-order valence-corrected chi connectivity index (χ3v) is 3.34. The lowest BCUT2D eigenvalue weighted by Gasteiger charge is -2.20. The topological polar surface area (TPSA) is 127 Å². The zero-order chi connectivity index (χ0) is 14.5. The summed E-state index contributed by atoms with van der Waals surface area (Å²) >= 11 is 0. The molecule has 18 heavy (non-hydrogen) atoms. The van der Waals surface area contributed by atoms with Gasteiger partial charge in [0.1, 0.15) is 15.9 Å². The van der Waals surface area contributed by atoms with E-state index < -0.39 is 33.8 Å². The maximum atomic E-state index is 11.6. The Hall–Kier alpha value is -1.15. The van der Waals surface area contributed by atoms with E-state index in [0.717, 1.165) is 6.26 Å². The van der Waals surface area contributed by atoms with Crippen molar-refractivity contribution in [2.24, 2.45) is 11.7 Å². The number of nitrogens with two attached hydrogens (primary N) is 1. The van der Waals surface area contributed by atoms with Gasteiger partial charge in [0.05, 0.1) is 11.8 Å². The molecule has 0 saturated heterocycles. The molecule has 0 rings (SSSR count). The fourth-order valence-corrected chi connectivity index (χ4v) is 1.93. The number of sulfone groups is 1. The Morgan fingerprint density at radius 3 is 2.17 bits per heavy atom. The molecule has 0 heterocycles. The molecule has 0 aliphatic heterocycles. The molecule has 7 nitrogen and oxygen atoms in total. The van der Waals surface area contributed by atoms with Gasteiger partial charge >= 0.3 is 5.97 Å². The zero-order valence-electron chi connectivity index (χ0n) is 10.7. The quantitative estimate of drug-likeness (QED) is 0.547. The van der Waals surface area contributed by atoms with Crippen molar-refractivity contribution in [3.8, 4) is 0 Å². The first kappa shape index (κ1) is 16.9. The number of hydrogen-bond donors (Lipinski definition) is 3. The molecule has 106 valence electrons. The lowest BCUT2D eigenvalue weighted by Crippen LogP contribution is -2.50. The number of carbonyl (C=O) groups excluding carboxylic acids is 1. The third-order valence-electron chi connectivity index (χ3n) is 2.37. The third kappa shape index (κ3) is 6.55. The Kier molecular flexibility index (Phi) is 6.27. The van der Waals surface area contributed by atoms with Crippen molar-refractivity contribution in [2.45, 2.75) is 32.4 Å². The van der Waals surface area contributed by atoms with Crippen molar-refractivity contribution in [3.05, 3.63) is 0 Å². The van der Waals surface area contributed by atoms with Gasteiger partial charge in [-0.05, 0) is 12.3 Å². The van der Waals surface area contributed by atoms with E-state index >= 15 is 0 Å². The molecule has 0 aromatic carbocycles. The van der Waals surface area contributed by atoms with E-state index in [1.165, 1.54) is 0 Å². The molecule has 8 heteroatoms. The number of rotatable bonds is 7. The second kappa shape index (κ2) is 6.69.